The molecule has 2 amide bonds. The van der Waals surface area contributed by atoms with E-state index in [-0.39, 0.29) is 41.0 Å². The SMILES string of the molecule is CC(=O)c1cc(C(=O)NC[C@@H](C)n2ccc(-c3ccc(C#N)c(C(F)(F)F)c3)n2)[nH]n1.CC(O)n1nccc1C(N)=O. The summed E-state index contributed by atoms with van der Waals surface area (Å²) in [6.07, 6.45) is -2.49. The van der Waals surface area contributed by atoms with E-state index in [0.717, 1.165) is 16.8 Å². The number of nitrogens with one attached hydrogen (secondary N) is 2. The molecule has 0 aliphatic rings. The van der Waals surface area contributed by atoms with Gasteiger partial charge in [0.25, 0.3) is 11.8 Å². The van der Waals surface area contributed by atoms with Crippen molar-refractivity contribution in [1.29, 1.82) is 5.26 Å². The first-order valence-corrected chi connectivity index (χ1v) is 12.3. The average Bonchev–Trinajstić information content (AvgIpc) is 3.71. The third kappa shape index (κ3) is 7.46. The van der Waals surface area contributed by atoms with Crippen LogP contribution in [0.2, 0.25) is 0 Å². The number of halogens is 3. The van der Waals surface area contributed by atoms with Gasteiger partial charge in [-0.05, 0) is 44.2 Å². The van der Waals surface area contributed by atoms with Crippen LogP contribution >= 0.6 is 0 Å². The maximum absolute atomic E-state index is 13.2. The predicted molar refractivity (Wildman–Crippen MR) is 141 cm³/mol. The molecule has 3 heterocycles. The van der Waals surface area contributed by atoms with Gasteiger partial charge in [0, 0.05) is 31.4 Å². The minimum atomic E-state index is -4.66. The van der Waals surface area contributed by atoms with Gasteiger partial charge in [0.15, 0.2) is 5.78 Å². The number of primary amides is 1. The molecule has 42 heavy (non-hydrogen) atoms. The number of nitriles is 1. The molecule has 0 aliphatic heterocycles. The molecular formula is C26H26F3N9O4. The van der Waals surface area contributed by atoms with Crippen LogP contribution in [0.15, 0.2) is 48.8 Å². The number of Topliss-reactive ketones (excluding diaryl/α,β-unsaturated/α-hetero) is 1. The van der Waals surface area contributed by atoms with Crippen molar-refractivity contribution in [3.05, 3.63) is 77.0 Å². The van der Waals surface area contributed by atoms with E-state index in [1.165, 1.54) is 42.9 Å². The molecule has 0 aliphatic carbocycles. The molecule has 220 valence electrons. The van der Waals surface area contributed by atoms with Gasteiger partial charge in [0.2, 0.25) is 0 Å². The van der Waals surface area contributed by atoms with Gasteiger partial charge >= 0.3 is 6.18 Å². The number of hydrogen-bond acceptors (Lipinski definition) is 8. The van der Waals surface area contributed by atoms with Gasteiger partial charge in [0.1, 0.15) is 23.3 Å². The number of nitrogens with zero attached hydrogens (tertiary/aromatic N) is 6. The van der Waals surface area contributed by atoms with Crippen LogP contribution in [-0.4, -0.2) is 59.0 Å². The number of rotatable bonds is 8. The van der Waals surface area contributed by atoms with Gasteiger partial charge in [-0.3, -0.25) is 24.2 Å². The quantitative estimate of drug-likeness (QED) is 0.226. The molecule has 2 atom stereocenters. The first-order chi connectivity index (χ1) is 19.7. The Morgan fingerprint density at radius 2 is 1.90 bits per heavy atom. The number of aromatic amines is 1. The first-order valence-electron chi connectivity index (χ1n) is 12.3. The van der Waals surface area contributed by atoms with E-state index in [0.29, 0.717) is 5.69 Å². The van der Waals surface area contributed by atoms with E-state index in [9.17, 15) is 27.6 Å². The van der Waals surface area contributed by atoms with Crippen molar-refractivity contribution in [2.45, 2.75) is 39.2 Å². The summed E-state index contributed by atoms with van der Waals surface area (Å²) in [7, 11) is 0. The van der Waals surface area contributed by atoms with Crippen LogP contribution < -0.4 is 11.1 Å². The van der Waals surface area contributed by atoms with Gasteiger partial charge in [-0.15, -0.1) is 0 Å². The van der Waals surface area contributed by atoms with Crippen LogP contribution in [0.25, 0.3) is 11.3 Å². The fourth-order valence-electron chi connectivity index (χ4n) is 3.63. The first kappa shape index (κ1) is 31.2. The minimum Gasteiger partial charge on any atom is -0.372 e. The summed E-state index contributed by atoms with van der Waals surface area (Å²) in [4.78, 5) is 34.1. The molecule has 1 aromatic carbocycles. The third-order valence-electron chi connectivity index (χ3n) is 5.82. The number of hydrogen-bond donors (Lipinski definition) is 4. The van der Waals surface area contributed by atoms with Gasteiger partial charge in [0.05, 0.1) is 28.9 Å². The number of carbonyl (C=O) groups excluding carboxylic acids is 3. The largest absolute Gasteiger partial charge is 0.417 e. The van der Waals surface area contributed by atoms with E-state index in [1.54, 1.807) is 25.3 Å². The number of alkyl halides is 3. The number of benzene rings is 1. The molecule has 0 spiro atoms. The second kappa shape index (κ2) is 12.9. The highest BCUT2D eigenvalue weighted by Crippen LogP contribution is 2.34. The predicted octanol–water partition coefficient (Wildman–Crippen LogP) is 2.85. The monoisotopic (exact) mass is 585 g/mol. The molecule has 0 radical (unpaired) electrons. The Bertz CT molecular complexity index is 1630. The highest BCUT2D eigenvalue weighted by molar-refractivity contribution is 5.97. The van der Waals surface area contributed by atoms with Crippen molar-refractivity contribution >= 4 is 17.6 Å². The number of aliphatic hydroxyl groups is 1. The Hall–Kier alpha value is -5.30. The van der Waals surface area contributed by atoms with Crippen molar-refractivity contribution in [1.82, 2.24) is 35.1 Å². The number of amides is 2. The fourth-order valence-corrected chi connectivity index (χ4v) is 3.63. The Morgan fingerprint density at radius 3 is 2.45 bits per heavy atom. The second-order valence-electron chi connectivity index (χ2n) is 8.99. The van der Waals surface area contributed by atoms with E-state index in [2.05, 4.69) is 25.7 Å². The summed E-state index contributed by atoms with van der Waals surface area (Å²) < 4.78 is 42.2. The topological polar surface area (TPSA) is 198 Å². The summed E-state index contributed by atoms with van der Waals surface area (Å²) in [5, 5.41) is 34.8. The number of H-pyrrole nitrogens is 1. The third-order valence-corrected chi connectivity index (χ3v) is 5.82. The zero-order valence-corrected chi connectivity index (χ0v) is 22.5. The lowest BCUT2D eigenvalue weighted by Crippen LogP contribution is -2.30. The average molecular weight is 586 g/mol. The number of nitrogens with two attached hydrogens (primary N) is 1. The van der Waals surface area contributed by atoms with Crippen molar-refractivity contribution < 1.29 is 32.7 Å². The number of ketones is 1. The Labute approximate surface area is 236 Å². The highest BCUT2D eigenvalue weighted by atomic mass is 19.4. The lowest BCUT2D eigenvalue weighted by molar-refractivity contribution is -0.137. The van der Waals surface area contributed by atoms with Gasteiger partial charge in [-0.1, -0.05) is 6.07 Å². The van der Waals surface area contributed by atoms with Crippen LogP contribution in [0.5, 0.6) is 0 Å². The molecule has 0 bridgehead atoms. The molecule has 0 saturated heterocycles. The molecule has 0 saturated carbocycles. The number of aliphatic hydroxyl groups excluding tert-OH is 1. The number of aromatic nitrogens is 6. The van der Waals surface area contributed by atoms with Crippen molar-refractivity contribution in [3.63, 3.8) is 0 Å². The van der Waals surface area contributed by atoms with E-state index >= 15 is 0 Å². The fraction of sp³-hybridized carbons (Fsp3) is 0.269. The zero-order valence-electron chi connectivity index (χ0n) is 22.5. The van der Waals surface area contributed by atoms with Crippen LogP contribution in [0.1, 0.15) is 75.6 Å². The summed E-state index contributed by atoms with van der Waals surface area (Å²) in [5.41, 5.74) is 4.51. The zero-order chi connectivity index (χ0) is 31.2. The summed E-state index contributed by atoms with van der Waals surface area (Å²) >= 11 is 0. The standard InChI is InChI=1S/C20H17F3N6O2.C6H9N3O2/c1-11(10-25-19(31)18-8-17(12(2)30)26-27-18)29-6-5-16(28-29)13-3-4-14(9-24)15(7-13)20(21,22)23;1-4(10)9-5(6(7)11)2-3-8-9/h3-8,11H,10H2,1-2H3,(H,25,31)(H,26,27);2-4,10H,1H3,(H2,7,11)/t11-;/m1./s1. The van der Waals surface area contributed by atoms with E-state index in [4.69, 9.17) is 16.1 Å². The van der Waals surface area contributed by atoms with Crippen LogP contribution in [0, 0.1) is 11.3 Å². The molecule has 1 unspecified atom stereocenters. The summed E-state index contributed by atoms with van der Waals surface area (Å²) in [5.74, 6) is -1.33. The van der Waals surface area contributed by atoms with E-state index in [1.807, 2.05) is 0 Å². The Kier molecular flexibility index (Phi) is 9.60. The Morgan fingerprint density at radius 1 is 1.19 bits per heavy atom. The molecule has 0 fully saturated rings. The molecule has 4 aromatic rings. The van der Waals surface area contributed by atoms with E-state index < -0.39 is 35.3 Å². The molecular weight excluding hydrogens is 559 g/mol. The Balaban J connectivity index is 0.000000369. The van der Waals surface area contributed by atoms with Crippen molar-refractivity contribution in [2.24, 2.45) is 5.73 Å². The van der Waals surface area contributed by atoms with Crippen molar-refractivity contribution in [3.8, 4) is 17.3 Å². The van der Waals surface area contributed by atoms with Gasteiger partial charge < -0.3 is 16.2 Å². The van der Waals surface area contributed by atoms with Crippen LogP contribution in [-0.2, 0) is 6.18 Å². The second-order valence-corrected chi connectivity index (χ2v) is 8.99. The van der Waals surface area contributed by atoms with Crippen LogP contribution in [0.3, 0.4) is 0 Å². The molecule has 16 heteroatoms. The maximum atomic E-state index is 13.2. The van der Waals surface area contributed by atoms with Crippen LogP contribution in [0.4, 0.5) is 13.2 Å². The maximum Gasteiger partial charge on any atom is 0.417 e. The smallest absolute Gasteiger partial charge is 0.372 e. The minimum absolute atomic E-state index is 0.135. The van der Waals surface area contributed by atoms with Gasteiger partial charge in [-0.2, -0.15) is 33.7 Å². The lowest BCUT2D eigenvalue weighted by Gasteiger charge is -2.13. The number of carbonyl (C=O) groups is 3. The molecule has 4 rings (SSSR count). The van der Waals surface area contributed by atoms with Crippen molar-refractivity contribution in [2.75, 3.05) is 6.54 Å². The summed E-state index contributed by atoms with van der Waals surface area (Å²) in [6, 6.07) is 8.98. The summed E-state index contributed by atoms with van der Waals surface area (Å²) in [6.45, 7) is 4.78. The van der Waals surface area contributed by atoms with Gasteiger partial charge in [-0.25, -0.2) is 4.68 Å². The molecule has 3 aromatic heterocycles. The highest BCUT2D eigenvalue weighted by Gasteiger charge is 2.34. The molecule has 13 nitrogen and oxygen atoms in total. The lowest BCUT2D eigenvalue weighted by atomic mass is 10.0. The normalized spacial score (nSPS) is 12.4. The molecule has 5 N–H and O–H groups in total.